The smallest absolute Gasteiger partial charge is 0.186 e. The summed E-state index contributed by atoms with van der Waals surface area (Å²) in [7, 11) is 0. The highest BCUT2D eigenvalue weighted by atomic mass is 19.1. The molecule has 1 heterocycles. The summed E-state index contributed by atoms with van der Waals surface area (Å²) >= 11 is 0. The Kier molecular flexibility index (Phi) is 1.96. The van der Waals surface area contributed by atoms with Crippen molar-refractivity contribution >= 4 is 0 Å². The number of aromatic nitrogens is 1. The molecule has 0 fully saturated rings. The largest absolute Gasteiger partial charge is 0.503 e. The van der Waals surface area contributed by atoms with E-state index in [1.54, 1.807) is 19.1 Å². The van der Waals surface area contributed by atoms with Gasteiger partial charge in [-0.15, -0.1) is 0 Å². The van der Waals surface area contributed by atoms with Gasteiger partial charge in [-0.2, -0.15) is 0 Å². The lowest BCUT2D eigenvalue weighted by Crippen LogP contribution is -1.79. The van der Waals surface area contributed by atoms with Crippen LogP contribution < -0.4 is 0 Å². The Hall–Kier alpha value is -1.84. The molecule has 0 spiro atoms. The number of halogens is 1. The topological polar surface area (TPSA) is 46.3 Å². The Bertz CT molecular complexity index is 465. The first-order valence-corrected chi connectivity index (χ1v) is 4.09. The highest BCUT2D eigenvalue weighted by Crippen LogP contribution is 2.30. The van der Waals surface area contributed by atoms with Crippen LogP contribution in [-0.2, 0) is 0 Å². The minimum atomic E-state index is -0.373. The van der Waals surface area contributed by atoms with Gasteiger partial charge in [0.2, 0.25) is 0 Å². The molecule has 3 nitrogen and oxygen atoms in total. The first-order valence-electron chi connectivity index (χ1n) is 4.09. The molecule has 72 valence electrons. The maximum atomic E-state index is 12.9. The molecule has 0 amide bonds. The lowest BCUT2D eigenvalue weighted by Gasteiger charge is -1.95. The van der Waals surface area contributed by atoms with Crippen molar-refractivity contribution in [3.8, 4) is 17.0 Å². The van der Waals surface area contributed by atoms with E-state index in [2.05, 4.69) is 5.16 Å². The van der Waals surface area contributed by atoms with Gasteiger partial charge in [0.1, 0.15) is 5.82 Å². The van der Waals surface area contributed by atoms with Gasteiger partial charge in [-0.1, -0.05) is 17.3 Å². The Morgan fingerprint density at radius 3 is 2.79 bits per heavy atom. The monoisotopic (exact) mass is 193 g/mol. The highest BCUT2D eigenvalue weighted by Gasteiger charge is 2.13. The molecule has 0 atom stereocenters. The average molecular weight is 193 g/mol. The predicted molar refractivity (Wildman–Crippen MR) is 48.3 cm³/mol. The Morgan fingerprint density at radius 1 is 1.43 bits per heavy atom. The third kappa shape index (κ3) is 1.35. The summed E-state index contributed by atoms with van der Waals surface area (Å²) < 4.78 is 17.6. The van der Waals surface area contributed by atoms with Gasteiger partial charge in [0, 0.05) is 12.5 Å². The van der Waals surface area contributed by atoms with Crippen molar-refractivity contribution in [1.82, 2.24) is 5.16 Å². The second-order valence-corrected chi connectivity index (χ2v) is 2.95. The molecule has 14 heavy (non-hydrogen) atoms. The van der Waals surface area contributed by atoms with Crippen LogP contribution in [-0.4, -0.2) is 10.3 Å². The summed E-state index contributed by atoms with van der Waals surface area (Å²) in [4.78, 5) is 0. The molecule has 2 rings (SSSR count). The van der Waals surface area contributed by atoms with Crippen molar-refractivity contribution in [2.45, 2.75) is 6.92 Å². The van der Waals surface area contributed by atoms with E-state index in [4.69, 9.17) is 4.52 Å². The van der Waals surface area contributed by atoms with Crippen molar-refractivity contribution in [1.29, 1.82) is 0 Å². The van der Waals surface area contributed by atoms with Gasteiger partial charge in [0.15, 0.2) is 17.2 Å². The maximum absolute atomic E-state index is 12.9. The fourth-order valence-corrected chi connectivity index (χ4v) is 1.19. The first kappa shape index (κ1) is 8.74. The summed E-state index contributed by atoms with van der Waals surface area (Å²) in [6, 6.07) is 5.82. The number of aryl methyl sites for hydroxylation is 1. The third-order valence-corrected chi connectivity index (χ3v) is 1.93. The summed E-state index contributed by atoms with van der Waals surface area (Å²) in [5.41, 5.74) is 0.765. The molecule has 1 aromatic heterocycles. The molecule has 4 heteroatoms. The molecule has 0 saturated carbocycles. The quantitative estimate of drug-likeness (QED) is 0.756. The molecule has 0 unspecified atom stereocenters. The van der Waals surface area contributed by atoms with E-state index < -0.39 is 0 Å². The van der Waals surface area contributed by atoms with E-state index in [0.717, 1.165) is 0 Å². The van der Waals surface area contributed by atoms with E-state index in [1.165, 1.54) is 12.1 Å². The summed E-state index contributed by atoms with van der Waals surface area (Å²) in [5.74, 6) is -0.0950. The van der Waals surface area contributed by atoms with Gasteiger partial charge in [-0.25, -0.2) is 4.39 Å². The van der Waals surface area contributed by atoms with Crippen LogP contribution in [0.2, 0.25) is 0 Å². The molecule has 0 aliphatic heterocycles. The van der Waals surface area contributed by atoms with Crippen molar-refractivity contribution < 1.29 is 14.0 Å². The zero-order chi connectivity index (χ0) is 10.1. The van der Waals surface area contributed by atoms with Gasteiger partial charge in [-0.3, -0.25) is 0 Å². The number of aromatic hydroxyl groups is 1. The lowest BCUT2D eigenvalue weighted by molar-refractivity contribution is 0.384. The van der Waals surface area contributed by atoms with Crippen LogP contribution in [0.1, 0.15) is 5.76 Å². The van der Waals surface area contributed by atoms with Crippen LogP contribution in [0.25, 0.3) is 11.3 Å². The zero-order valence-electron chi connectivity index (χ0n) is 7.49. The van der Waals surface area contributed by atoms with Crippen molar-refractivity contribution in [3.05, 3.63) is 35.8 Å². The minimum Gasteiger partial charge on any atom is -0.503 e. The zero-order valence-corrected chi connectivity index (χ0v) is 7.49. The highest BCUT2D eigenvalue weighted by molar-refractivity contribution is 5.65. The van der Waals surface area contributed by atoms with Crippen molar-refractivity contribution in [2.24, 2.45) is 0 Å². The molecule has 0 aliphatic rings. The van der Waals surface area contributed by atoms with Gasteiger partial charge in [0.05, 0.1) is 0 Å². The number of nitrogens with zero attached hydrogens (tertiary/aromatic N) is 1. The normalized spacial score (nSPS) is 10.4. The van der Waals surface area contributed by atoms with Crippen LogP contribution >= 0.6 is 0 Å². The predicted octanol–water partition coefficient (Wildman–Crippen LogP) is 2.49. The second-order valence-electron chi connectivity index (χ2n) is 2.95. The molecule has 1 N–H and O–H groups in total. The summed E-state index contributed by atoms with van der Waals surface area (Å²) in [5, 5.41) is 13.1. The minimum absolute atomic E-state index is 0.0457. The Morgan fingerprint density at radius 2 is 2.21 bits per heavy atom. The number of rotatable bonds is 1. The Labute approximate surface area is 79.8 Å². The Balaban J connectivity index is 2.55. The second kappa shape index (κ2) is 3.14. The average Bonchev–Trinajstić information content (AvgIpc) is 2.48. The molecule has 0 aliphatic carbocycles. The van der Waals surface area contributed by atoms with Gasteiger partial charge < -0.3 is 9.63 Å². The van der Waals surface area contributed by atoms with Gasteiger partial charge >= 0.3 is 0 Å². The van der Waals surface area contributed by atoms with E-state index in [9.17, 15) is 9.50 Å². The molecule has 0 saturated heterocycles. The fraction of sp³-hybridized carbons (Fsp3) is 0.100. The molecule has 0 radical (unpaired) electrons. The molecule has 1 aromatic carbocycles. The van der Waals surface area contributed by atoms with Crippen LogP contribution in [0.5, 0.6) is 5.75 Å². The molecular weight excluding hydrogens is 185 g/mol. The number of benzene rings is 1. The van der Waals surface area contributed by atoms with Crippen LogP contribution in [0.15, 0.2) is 28.8 Å². The van der Waals surface area contributed by atoms with Crippen LogP contribution in [0.3, 0.4) is 0 Å². The number of hydrogen-bond donors (Lipinski definition) is 1. The summed E-state index contributed by atoms with van der Waals surface area (Å²) in [6.07, 6.45) is 0. The standard InChI is InChI=1S/C10H8FNO2/c1-6-10(13)9(12-14-6)7-3-2-4-8(11)5-7/h2-5,13H,1H3. The molecule has 2 aromatic rings. The first-order chi connectivity index (χ1) is 6.68. The molecular formula is C10H8FNO2. The fourth-order valence-electron chi connectivity index (χ4n) is 1.19. The third-order valence-electron chi connectivity index (χ3n) is 1.93. The summed E-state index contributed by atoms with van der Waals surface area (Å²) in [6.45, 7) is 1.59. The lowest BCUT2D eigenvalue weighted by atomic mass is 10.1. The van der Waals surface area contributed by atoms with Crippen molar-refractivity contribution in [2.75, 3.05) is 0 Å². The van der Waals surface area contributed by atoms with Gasteiger partial charge in [0.25, 0.3) is 0 Å². The van der Waals surface area contributed by atoms with E-state index in [0.29, 0.717) is 11.3 Å². The van der Waals surface area contributed by atoms with E-state index in [-0.39, 0.29) is 17.3 Å². The van der Waals surface area contributed by atoms with E-state index >= 15 is 0 Å². The van der Waals surface area contributed by atoms with Gasteiger partial charge in [-0.05, 0) is 12.1 Å². The maximum Gasteiger partial charge on any atom is 0.186 e. The molecule has 0 bridgehead atoms. The SMILES string of the molecule is Cc1onc(-c2cccc(F)c2)c1O. The van der Waals surface area contributed by atoms with Crippen LogP contribution in [0.4, 0.5) is 4.39 Å². The van der Waals surface area contributed by atoms with E-state index in [1.807, 2.05) is 0 Å². The number of hydrogen-bond acceptors (Lipinski definition) is 3. The van der Waals surface area contributed by atoms with Crippen LogP contribution in [0, 0.1) is 12.7 Å². The van der Waals surface area contributed by atoms with Crippen molar-refractivity contribution in [3.63, 3.8) is 0 Å².